The van der Waals surface area contributed by atoms with E-state index in [0.717, 1.165) is 0 Å². The lowest BCUT2D eigenvalue weighted by Gasteiger charge is -2.20. The van der Waals surface area contributed by atoms with Crippen molar-refractivity contribution in [3.63, 3.8) is 0 Å². The topological polar surface area (TPSA) is 89.7 Å². The van der Waals surface area contributed by atoms with Crippen LogP contribution in [0, 0.1) is 15.5 Å². The van der Waals surface area contributed by atoms with Crippen LogP contribution in [0.3, 0.4) is 0 Å². The molecule has 0 spiro atoms. The molecule has 1 aromatic carbocycles. The fourth-order valence-corrected chi connectivity index (χ4v) is 1.57. The average molecular weight is 253 g/mol. The molecule has 98 valence electrons. The molecule has 6 heteroatoms. The van der Waals surface area contributed by atoms with E-state index >= 15 is 0 Å². The van der Waals surface area contributed by atoms with Crippen LogP contribution in [-0.4, -0.2) is 23.1 Å². The third kappa shape index (κ3) is 2.97. The van der Waals surface area contributed by atoms with Gasteiger partial charge in [0.25, 0.3) is 5.69 Å². The average Bonchev–Trinajstić information content (AvgIpc) is 2.28. The lowest BCUT2D eigenvalue weighted by Crippen LogP contribution is -2.26. The zero-order chi connectivity index (χ0) is 13.9. The van der Waals surface area contributed by atoms with Crippen LogP contribution in [0.2, 0.25) is 0 Å². The maximum absolute atomic E-state index is 11.1. The molecule has 0 saturated carbocycles. The number of nitro benzene ring substituents is 1. The Bertz CT molecular complexity index is 481. The maximum atomic E-state index is 11.1. The second kappa shape index (κ2) is 5.03. The largest absolute Gasteiger partial charge is 0.496 e. The first kappa shape index (κ1) is 14.0. The van der Waals surface area contributed by atoms with Gasteiger partial charge in [0.1, 0.15) is 5.75 Å². The number of carboxylic acid groups (broad SMARTS) is 1. The summed E-state index contributed by atoms with van der Waals surface area (Å²) in [5.74, 6) is -0.508. The van der Waals surface area contributed by atoms with Gasteiger partial charge in [-0.05, 0) is 26.3 Å². The van der Waals surface area contributed by atoms with E-state index in [1.54, 1.807) is 13.8 Å². The van der Waals surface area contributed by atoms with Crippen LogP contribution in [0.5, 0.6) is 5.75 Å². The minimum Gasteiger partial charge on any atom is -0.496 e. The molecule has 1 rings (SSSR count). The van der Waals surface area contributed by atoms with Gasteiger partial charge in [0.15, 0.2) is 0 Å². The van der Waals surface area contributed by atoms with Crippen LogP contribution in [0.4, 0.5) is 5.69 Å². The molecule has 0 saturated heterocycles. The Morgan fingerprint density at radius 3 is 2.56 bits per heavy atom. The summed E-state index contributed by atoms with van der Waals surface area (Å²) in [5.41, 5.74) is -0.575. The van der Waals surface area contributed by atoms with Crippen LogP contribution in [-0.2, 0) is 11.2 Å². The highest BCUT2D eigenvalue weighted by molar-refractivity contribution is 5.74. The lowest BCUT2D eigenvalue weighted by molar-refractivity contribution is -0.384. The Morgan fingerprint density at radius 1 is 1.50 bits per heavy atom. The summed E-state index contributed by atoms with van der Waals surface area (Å²) in [5, 5.41) is 19.8. The molecule has 0 atom stereocenters. The summed E-state index contributed by atoms with van der Waals surface area (Å²) >= 11 is 0. The summed E-state index contributed by atoms with van der Waals surface area (Å²) in [4.78, 5) is 21.3. The Kier molecular flexibility index (Phi) is 3.90. The molecule has 6 nitrogen and oxygen atoms in total. The van der Waals surface area contributed by atoms with Gasteiger partial charge in [0, 0.05) is 17.7 Å². The highest BCUT2D eigenvalue weighted by Crippen LogP contribution is 2.30. The Hall–Kier alpha value is -2.11. The van der Waals surface area contributed by atoms with E-state index in [1.807, 2.05) is 0 Å². The molecule has 18 heavy (non-hydrogen) atoms. The predicted octanol–water partition coefficient (Wildman–Crippen LogP) is 2.26. The number of nitro groups is 1. The van der Waals surface area contributed by atoms with Crippen molar-refractivity contribution in [1.29, 1.82) is 0 Å². The lowest BCUT2D eigenvalue weighted by atomic mass is 9.85. The monoisotopic (exact) mass is 253 g/mol. The van der Waals surface area contributed by atoms with Crippen molar-refractivity contribution >= 4 is 11.7 Å². The summed E-state index contributed by atoms with van der Waals surface area (Å²) in [7, 11) is 1.44. The van der Waals surface area contributed by atoms with Crippen molar-refractivity contribution in [2.75, 3.05) is 7.11 Å². The molecule has 0 unspecified atom stereocenters. The fraction of sp³-hybridized carbons (Fsp3) is 0.417. The van der Waals surface area contributed by atoms with Gasteiger partial charge >= 0.3 is 5.97 Å². The van der Waals surface area contributed by atoms with Crippen molar-refractivity contribution < 1.29 is 19.6 Å². The van der Waals surface area contributed by atoms with E-state index in [0.29, 0.717) is 11.3 Å². The van der Waals surface area contributed by atoms with E-state index < -0.39 is 16.3 Å². The molecule has 0 aliphatic rings. The standard InChI is InChI=1S/C12H15NO5/c1-12(2,11(14)15)7-8-6-9(13(16)17)4-5-10(8)18-3/h4-6H,7H2,1-3H3,(H,14,15). The van der Waals surface area contributed by atoms with Gasteiger partial charge in [-0.15, -0.1) is 0 Å². The number of non-ortho nitro benzene ring substituents is 1. The molecule has 0 fully saturated rings. The van der Waals surface area contributed by atoms with Crippen molar-refractivity contribution in [3.8, 4) is 5.75 Å². The van der Waals surface area contributed by atoms with E-state index in [2.05, 4.69) is 0 Å². The van der Waals surface area contributed by atoms with Gasteiger partial charge in [-0.25, -0.2) is 0 Å². The first-order valence-electron chi connectivity index (χ1n) is 5.32. The van der Waals surface area contributed by atoms with E-state index in [-0.39, 0.29) is 12.1 Å². The number of nitrogens with zero attached hydrogens (tertiary/aromatic N) is 1. The van der Waals surface area contributed by atoms with Crippen LogP contribution < -0.4 is 4.74 Å². The van der Waals surface area contributed by atoms with Crippen LogP contribution >= 0.6 is 0 Å². The van der Waals surface area contributed by atoms with Gasteiger partial charge < -0.3 is 9.84 Å². The number of benzene rings is 1. The minimum absolute atomic E-state index is 0.0769. The molecule has 1 aromatic rings. The van der Waals surface area contributed by atoms with Gasteiger partial charge in [-0.3, -0.25) is 14.9 Å². The highest BCUT2D eigenvalue weighted by Gasteiger charge is 2.29. The number of carboxylic acids is 1. The van der Waals surface area contributed by atoms with Crippen LogP contribution in [0.1, 0.15) is 19.4 Å². The second-order valence-electron chi connectivity index (χ2n) is 4.62. The highest BCUT2D eigenvalue weighted by atomic mass is 16.6. The number of aliphatic carboxylic acids is 1. The fourth-order valence-electron chi connectivity index (χ4n) is 1.57. The molecule has 0 aliphatic heterocycles. The normalized spacial score (nSPS) is 11.1. The molecular weight excluding hydrogens is 238 g/mol. The molecule has 0 bridgehead atoms. The molecule has 1 N–H and O–H groups in total. The quantitative estimate of drug-likeness (QED) is 0.642. The Morgan fingerprint density at radius 2 is 2.11 bits per heavy atom. The third-order valence-electron chi connectivity index (χ3n) is 2.69. The van der Waals surface area contributed by atoms with E-state index in [4.69, 9.17) is 9.84 Å². The van der Waals surface area contributed by atoms with Crippen molar-refractivity contribution in [3.05, 3.63) is 33.9 Å². The van der Waals surface area contributed by atoms with Gasteiger partial charge in [0.05, 0.1) is 17.4 Å². The van der Waals surface area contributed by atoms with E-state index in [1.165, 1.54) is 25.3 Å². The van der Waals surface area contributed by atoms with Crippen LogP contribution in [0.25, 0.3) is 0 Å². The summed E-state index contributed by atoms with van der Waals surface area (Å²) in [6, 6.07) is 4.16. The number of hydrogen-bond donors (Lipinski definition) is 1. The van der Waals surface area contributed by atoms with Crippen molar-refractivity contribution in [1.82, 2.24) is 0 Å². The van der Waals surface area contributed by atoms with Crippen LogP contribution in [0.15, 0.2) is 18.2 Å². The SMILES string of the molecule is COc1ccc([N+](=O)[O-])cc1CC(C)(C)C(=O)O. The number of ether oxygens (including phenoxy) is 1. The third-order valence-corrected chi connectivity index (χ3v) is 2.69. The van der Waals surface area contributed by atoms with Gasteiger partial charge in [-0.2, -0.15) is 0 Å². The first-order valence-corrected chi connectivity index (χ1v) is 5.32. The number of carbonyl (C=O) groups is 1. The Balaban J connectivity index is 3.17. The van der Waals surface area contributed by atoms with Crippen molar-refractivity contribution in [2.24, 2.45) is 5.41 Å². The number of methoxy groups -OCH3 is 1. The molecular formula is C12H15NO5. The second-order valence-corrected chi connectivity index (χ2v) is 4.62. The molecule has 0 radical (unpaired) electrons. The van der Waals surface area contributed by atoms with E-state index in [9.17, 15) is 14.9 Å². The summed E-state index contributed by atoms with van der Waals surface area (Å²) in [6.07, 6.45) is 0.160. The predicted molar refractivity (Wildman–Crippen MR) is 64.8 cm³/mol. The maximum Gasteiger partial charge on any atom is 0.309 e. The molecule has 0 aliphatic carbocycles. The zero-order valence-electron chi connectivity index (χ0n) is 10.5. The number of rotatable bonds is 5. The summed E-state index contributed by atoms with van der Waals surface area (Å²) < 4.78 is 5.09. The smallest absolute Gasteiger partial charge is 0.309 e. The number of hydrogen-bond acceptors (Lipinski definition) is 4. The minimum atomic E-state index is -1.01. The van der Waals surface area contributed by atoms with Gasteiger partial charge in [-0.1, -0.05) is 0 Å². The first-order chi connectivity index (χ1) is 8.27. The zero-order valence-corrected chi connectivity index (χ0v) is 10.5. The Labute approximate surface area is 104 Å². The molecule has 0 aromatic heterocycles. The summed E-state index contributed by atoms with van der Waals surface area (Å²) in [6.45, 7) is 3.13. The van der Waals surface area contributed by atoms with Crippen molar-refractivity contribution in [2.45, 2.75) is 20.3 Å². The van der Waals surface area contributed by atoms with Gasteiger partial charge in [0.2, 0.25) is 0 Å². The molecule has 0 amide bonds. The molecule has 0 heterocycles.